The third-order valence-corrected chi connectivity index (χ3v) is 3.86. The smallest absolute Gasteiger partial charge is 0.0793 e. The highest BCUT2D eigenvalue weighted by molar-refractivity contribution is 7.99. The van der Waals surface area contributed by atoms with Crippen molar-refractivity contribution in [3.05, 3.63) is 23.2 Å². The largest absolute Gasteiger partial charge is 0.398 e. The lowest BCUT2D eigenvalue weighted by molar-refractivity contribution is 0.0441. The second kappa shape index (κ2) is 5.77. The van der Waals surface area contributed by atoms with E-state index in [9.17, 15) is 0 Å². The van der Waals surface area contributed by atoms with Gasteiger partial charge >= 0.3 is 0 Å². The quantitative estimate of drug-likeness (QED) is 0.643. The summed E-state index contributed by atoms with van der Waals surface area (Å²) in [5.74, 6) is 0.916. The zero-order valence-corrected chi connectivity index (χ0v) is 10.5. The lowest BCUT2D eigenvalue weighted by Crippen LogP contribution is -2.39. The van der Waals surface area contributed by atoms with E-state index in [1.807, 2.05) is 12.1 Å². The number of hydrogen-bond acceptors (Lipinski definition) is 4. The van der Waals surface area contributed by atoms with Gasteiger partial charge in [0.1, 0.15) is 0 Å². The number of ether oxygens (including phenoxy) is 1. The molecule has 88 valence electrons. The van der Waals surface area contributed by atoms with Gasteiger partial charge in [-0.1, -0.05) is 11.6 Å². The molecule has 1 aliphatic heterocycles. The van der Waals surface area contributed by atoms with Gasteiger partial charge in [-0.05, 0) is 18.2 Å². The molecule has 1 atom stereocenters. The summed E-state index contributed by atoms with van der Waals surface area (Å²) in [7, 11) is 0. The maximum Gasteiger partial charge on any atom is 0.0793 e. The van der Waals surface area contributed by atoms with Gasteiger partial charge in [0.25, 0.3) is 0 Å². The number of hydrogen-bond donors (Lipinski definition) is 2. The number of anilines is 1. The summed E-state index contributed by atoms with van der Waals surface area (Å²) >= 11 is 7.56. The molecule has 0 aliphatic carbocycles. The van der Waals surface area contributed by atoms with E-state index >= 15 is 0 Å². The van der Waals surface area contributed by atoms with E-state index in [4.69, 9.17) is 22.1 Å². The second-order valence-electron chi connectivity index (χ2n) is 3.69. The van der Waals surface area contributed by atoms with E-state index in [-0.39, 0.29) is 6.10 Å². The molecule has 2 rings (SSSR count). The monoisotopic (exact) mass is 258 g/mol. The molecule has 0 amide bonds. The van der Waals surface area contributed by atoms with Crippen molar-refractivity contribution in [2.45, 2.75) is 11.0 Å². The minimum absolute atomic E-state index is 0.272. The average molecular weight is 259 g/mol. The first-order valence-corrected chi connectivity index (χ1v) is 6.62. The number of nitrogens with one attached hydrogen (secondary N) is 1. The van der Waals surface area contributed by atoms with E-state index < -0.39 is 0 Å². The summed E-state index contributed by atoms with van der Waals surface area (Å²) in [6.07, 6.45) is 0.272. The zero-order valence-electron chi connectivity index (χ0n) is 8.91. The molecule has 0 bridgehead atoms. The standard InChI is InChI=1S/C11H15ClN2OS/c12-8-1-2-11(10(13)5-8)16-7-9-6-14-3-4-15-9/h1-2,5,9,14H,3-4,6-7,13H2. The van der Waals surface area contributed by atoms with Gasteiger partial charge in [0.2, 0.25) is 0 Å². The predicted molar refractivity (Wildman–Crippen MR) is 69.2 cm³/mol. The minimum atomic E-state index is 0.272. The van der Waals surface area contributed by atoms with Crippen molar-refractivity contribution < 1.29 is 4.74 Å². The van der Waals surface area contributed by atoms with Crippen LogP contribution < -0.4 is 11.1 Å². The van der Waals surface area contributed by atoms with Gasteiger partial charge in [-0.3, -0.25) is 0 Å². The third kappa shape index (κ3) is 3.28. The van der Waals surface area contributed by atoms with E-state index in [0.717, 1.165) is 36.0 Å². The Morgan fingerprint density at radius 3 is 3.12 bits per heavy atom. The van der Waals surface area contributed by atoms with Crippen LogP contribution in [0.3, 0.4) is 0 Å². The highest BCUT2D eigenvalue weighted by atomic mass is 35.5. The summed E-state index contributed by atoms with van der Waals surface area (Å²) in [5, 5.41) is 3.98. The van der Waals surface area contributed by atoms with Crippen LogP contribution in [0.15, 0.2) is 23.1 Å². The van der Waals surface area contributed by atoms with Crippen LogP contribution in [0.4, 0.5) is 5.69 Å². The van der Waals surface area contributed by atoms with E-state index in [2.05, 4.69) is 5.32 Å². The van der Waals surface area contributed by atoms with Crippen molar-refractivity contribution in [2.24, 2.45) is 0 Å². The van der Waals surface area contributed by atoms with Gasteiger partial charge in [-0.25, -0.2) is 0 Å². The number of nitrogen functional groups attached to an aromatic ring is 1. The third-order valence-electron chi connectivity index (χ3n) is 2.40. The summed E-state index contributed by atoms with van der Waals surface area (Å²) in [6.45, 7) is 2.66. The van der Waals surface area contributed by atoms with Gasteiger partial charge in [0.15, 0.2) is 0 Å². The van der Waals surface area contributed by atoms with Crippen LogP contribution in [0.1, 0.15) is 0 Å². The van der Waals surface area contributed by atoms with Crippen LogP contribution in [0.5, 0.6) is 0 Å². The molecule has 1 saturated heterocycles. The Hall–Kier alpha value is -0.420. The van der Waals surface area contributed by atoms with Gasteiger partial charge in [-0.2, -0.15) is 0 Å². The summed E-state index contributed by atoms with van der Waals surface area (Å²) in [6, 6.07) is 5.60. The Bertz CT molecular complexity index is 356. The predicted octanol–water partition coefficient (Wildman–Crippen LogP) is 2.00. The van der Waals surface area contributed by atoms with Gasteiger partial charge < -0.3 is 15.8 Å². The highest BCUT2D eigenvalue weighted by Gasteiger charge is 2.14. The van der Waals surface area contributed by atoms with Gasteiger partial charge in [0, 0.05) is 34.4 Å². The summed E-state index contributed by atoms with van der Waals surface area (Å²) in [4.78, 5) is 1.07. The number of thioether (sulfide) groups is 1. The first-order chi connectivity index (χ1) is 7.75. The van der Waals surface area contributed by atoms with Crippen molar-refractivity contribution in [2.75, 3.05) is 31.2 Å². The fourth-order valence-corrected chi connectivity index (χ4v) is 2.71. The van der Waals surface area contributed by atoms with Crippen molar-refractivity contribution >= 4 is 29.1 Å². The molecule has 1 heterocycles. The zero-order chi connectivity index (χ0) is 11.4. The molecular weight excluding hydrogens is 244 g/mol. The van der Waals surface area contributed by atoms with Crippen molar-refractivity contribution in [3.8, 4) is 0 Å². The average Bonchev–Trinajstić information content (AvgIpc) is 2.29. The topological polar surface area (TPSA) is 47.3 Å². The van der Waals surface area contributed by atoms with E-state index in [0.29, 0.717) is 5.02 Å². The molecule has 5 heteroatoms. The Morgan fingerprint density at radius 2 is 2.44 bits per heavy atom. The Morgan fingerprint density at radius 1 is 1.56 bits per heavy atom. The lowest BCUT2D eigenvalue weighted by Gasteiger charge is -2.23. The van der Waals surface area contributed by atoms with Crippen LogP contribution in [-0.2, 0) is 4.74 Å². The fraction of sp³-hybridized carbons (Fsp3) is 0.455. The Balaban J connectivity index is 1.88. The Labute approximate surface area is 105 Å². The Kier molecular flexibility index (Phi) is 4.35. The minimum Gasteiger partial charge on any atom is -0.398 e. The van der Waals surface area contributed by atoms with E-state index in [1.165, 1.54) is 0 Å². The van der Waals surface area contributed by atoms with Crippen LogP contribution in [0, 0.1) is 0 Å². The van der Waals surface area contributed by atoms with Crippen LogP contribution in [0.2, 0.25) is 5.02 Å². The molecule has 3 nitrogen and oxygen atoms in total. The molecular formula is C11H15ClN2OS. The van der Waals surface area contributed by atoms with Crippen LogP contribution in [0.25, 0.3) is 0 Å². The normalized spacial score (nSPS) is 20.9. The first kappa shape index (κ1) is 12.0. The van der Waals surface area contributed by atoms with Crippen LogP contribution in [-0.4, -0.2) is 31.6 Å². The van der Waals surface area contributed by atoms with E-state index in [1.54, 1.807) is 17.8 Å². The molecule has 1 aliphatic rings. The van der Waals surface area contributed by atoms with Crippen molar-refractivity contribution in [3.63, 3.8) is 0 Å². The summed E-state index contributed by atoms with van der Waals surface area (Å²) < 4.78 is 5.61. The molecule has 3 N–H and O–H groups in total. The first-order valence-electron chi connectivity index (χ1n) is 5.26. The van der Waals surface area contributed by atoms with Crippen molar-refractivity contribution in [1.29, 1.82) is 0 Å². The molecule has 1 aromatic carbocycles. The van der Waals surface area contributed by atoms with Gasteiger partial charge in [-0.15, -0.1) is 11.8 Å². The number of morpholine rings is 1. The molecule has 1 fully saturated rings. The molecule has 1 unspecified atom stereocenters. The molecule has 16 heavy (non-hydrogen) atoms. The summed E-state index contributed by atoms with van der Waals surface area (Å²) in [5.41, 5.74) is 6.61. The number of benzene rings is 1. The fourth-order valence-electron chi connectivity index (χ4n) is 1.56. The number of rotatable bonds is 3. The lowest BCUT2D eigenvalue weighted by atomic mass is 10.3. The number of nitrogens with two attached hydrogens (primary N) is 1. The maximum atomic E-state index is 5.88. The molecule has 0 radical (unpaired) electrons. The molecule has 1 aromatic rings. The molecule has 0 spiro atoms. The molecule has 0 aromatic heterocycles. The van der Waals surface area contributed by atoms with Crippen molar-refractivity contribution in [1.82, 2.24) is 5.32 Å². The maximum absolute atomic E-state index is 5.88. The number of halogens is 1. The molecule has 0 saturated carbocycles. The van der Waals surface area contributed by atoms with Gasteiger partial charge in [0.05, 0.1) is 12.7 Å². The second-order valence-corrected chi connectivity index (χ2v) is 5.19. The highest BCUT2D eigenvalue weighted by Crippen LogP contribution is 2.28. The van der Waals surface area contributed by atoms with Crippen LogP contribution >= 0.6 is 23.4 Å². The SMILES string of the molecule is Nc1cc(Cl)ccc1SCC1CNCCO1.